The van der Waals surface area contributed by atoms with E-state index in [0.717, 1.165) is 39.1 Å². The number of esters is 1. The zero-order valence-corrected chi connectivity index (χ0v) is 24.5. The third-order valence-corrected chi connectivity index (χ3v) is 8.01. The zero-order valence-electron chi connectivity index (χ0n) is 22.9. The van der Waals surface area contributed by atoms with Crippen LogP contribution in [0.3, 0.4) is 0 Å². The number of hydrogen-bond donors (Lipinski definition) is 1. The Hall–Kier alpha value is -4.39. The number of methoxy groups -OCH3 is 1. The number of ether oxygens (including phenoxy) is 1. The van der Waals surface area contributed by atoms with E-state index in [1.165, 1.54) is 11.8 Å². The Morgan fingerprint density at radius 1 is 1.12 bits per heavy atom. The van der Waals surface area contributed by atoms with Crippen molar-refractivity contribution in [1.29, 1.82) is 0 Å². The SMILES string of the molecule is [C-]#[N+]c1c(C(=O)OC)c2n(c1Cl)N=C(c1cccc(Cc3cc(NS(=O)Oc4cc(C)ccc4C)ccc3C)c1)C2. The fourth-order valence-corrected chi connectivity index (χ4v) is 5.71. The Balaban J connectivity index is 1.34. The summed E-state index contributed by atoms with van der Waals surface area (Å²) >= 11 is 4.63. The zero-order chi connectivity index (χ0) is 29.3. The smallest absolute Gasteiger partial charge is 0.329 e. The third kappa shape index (κ3) is 5.75. The molecule has 1 aliphatic heterocycles. The second-order valence-corrected chi connectivity index (χ2v) is 11.0. The van der Waals surface area contributed by atoms with Crippen molar-refractivity contribution < 1.29 is 17.9 Å². The number of anilines is 1. The minimum atomic E-state index is -1.76. The predicted octanol–water partition coefficient (Wildman–Crippen LogP) is 6.87. The van der Waals surface area contributed by atoms with Gasteiger partial charge < -0.3 is 8.92 Å². The summed E-state index contributed by atoms with van der Waals surface area (Å²) in [6.45, 7) is 13.3. The largest absolute Gasteiger partial charge is 0.466 e. The molecule has 41 heavy (non-hydrogen) atoms. The maximum Gasteiger partial charge on any atom is 0.329 e. The number of nitrogens with one attached hydrogen (secondary N) is 1. The van der Waals surface area contributed by atoms with Crippen LogP contribution in [-0.2, 0) is 28.8 Å². The Bertz CT molecular complexity index is 1790. The van der Waals surface area contributed by atoms with Gasteiger partial charge in [0.2, 0.25) is 5.69 Å². The average Bonchev–Trinajstić information content (AvgIpc) is 3.50. The number of carbonyl (C=O) groups excluding carboxylic acids is 1. The molecule has 4 aromatic rings. The normalized spacial score (nSPS) is 12.7. The van der Waals surface area contributed by atoms with Crippen molar-refractivity contribution in [1.82, 2.24) is 4.68 Å². The van der Waals surface area contributed by atoms with Gasteiger partial charge in [0, 0.05) is 12.1 Å². The van der Waals surface area contributed by atoms with E-state index in [1.807, 2.05) is 81.4 Å². The van der Waals surface area contributed by atoms with Gasteiger partial charge in [0.05, 0.1) is 30.7 Å². The molecule has 0 radical (unpaired) electrons. The molecule has 1 N–H and O–H groups in total. The van der Waals surface area contributed by atoms with Crippen LogP contribution in [0, 0.1) is 27.3 Å². The molecule has 1 aromatic heterocycles. The fourth-order valence-electron chi connectivity index (χ4n) is 4.73. The summed E-state index contributed by atoms with van der Waals surface area (Å²) in [7, 11) is 1.27. The summed E-state index contributed by atoms with van der Waals surface area (Å²) in [6, 6.07) is 19.6. The molecule has 5 rings (SSSR count). The van der Waals surface area contributed by atoms with Crippen molar-refractivity contribution in [2.45, 2.75) is 33.6 Å². The molecule has 208 valence electrons. The highest BCUT2D eigenvalue weighted by molar-refractivity contribution is 7.82. The molecule has 3 aromatic carbocycles. The van der Waals surface area contributed by atoms with Crippen LogP contribution in [0.5, 0.6) is 5.75 Å². The van der Waals surface area contributed by atoms with Gasteiger partial charge >= 0.3 is 17.2 Å². The second kappa shape index (κ2) is 11.6. The minimum absolute atomic E-state index is 0.0504. The molecule has 1 unspecified atom stereocenters. The number of benzene rings is 3. The number of halogens is 1. The number of nitrogens with zero attached hydrogens (tertiary/aromatic N) is 3. The molecule has 0 amide bonds. The quantitative estimate of drug-likeness (QED) is 0.180. The van der Waals surface area contributed by atoms with Gasteiger partial charge in [-0.3, -0.25) is 4.72 Å². The van der Waals surface area contributed by atoms with Gasteiger partial charge in [-0.15, -0.1) is 0 Å². The Labute approximate surface area is 246 Å². The maximum atomic E-state index is 12.7. The molecule has 0 bridgehead atoms. The lowest BCUT2D eigenvalue weighted by atomic mass is 9.96. The molecular formula is C31H27ClN4O4S. The highest BCUT2D eigenvalue weighted by Crippen LogP contribution is 2.39. The highest BCUT2D eigenvalue weighted by atomic mass is 35.5. The van der Waals surface area contributed by atoms with E-state index in [2.05, 4.69) is 14.7 Å². The van der Waals surface area contributed by atoms with Crippen LogP contribution in [0.25, 0.3) is 4.85 Å². The number of fused-ring (bicyclic) bond motifs is 1. The van der Waals surface area contributed by atoms with E-state index in [4.69, 9.17) is 27.1 Å². The van der Waals surface area contributed by atoms with Crippen molar-refractivity contribution in [3.05, 3.63) is 122 Å². The topological polar surface area (TPSA) is 86.3 Å². The summed E-state index contributed by atoms with van der Waals surface area (Å²) in [5, 5.41) is 4.72. The number of aryl methyl sites for hydroxylation is 3. The lowest BCUT2D eigenvalue weighted by Gasteiger charge is -2.13. The molecule has 2 heterocycles. The van der Waals surface area contributed by atoms with Crippen molar-refractivity contribution in [2.24, 2.45) is 5.10 Å². The first-order valence-electron chi connectivity index (χ1n) is 12.8. The van der Waals surface area contributed by atoms with Crippen molar-refractivity contribution in [3.63, 3.8) is 0 Å². The van der Waals surface area contributed by atoms with Gasteiger partial charge in [-0.1, -0.05) is 48.0 Å². The molecule has 1 aliphatic rings. The van der Waals surface area contributed by atoms with Gasteiger partial charge in [0.1, 0.15) is 10.9 Å². The number of rotatable bonds is 8. The first-order valence-corrected chi connectivity index (χ1v) is 14.2. The molecular weight excluding hydrogens is 560 g/mol. The van der Waals surface area contributed by atoms with Crippen LogP contribution in [-0.4, -0.2) is 27.7 Å². The van der Waals surface area contributed by atoms with E-state index < -0.39 is 17.2 Å². The summed E-state index contributed by atoms with van der Waals surface area (Å²) < 4.78 is 27.7. The molecule has 1 atom stereocenters. The van der Waals surface area contributed by atoms with Gasteiger partial charge in [-0.05, 0) is 84.8 Å². The molecule has 0 fully saturated rings. The van der Waals surface area contributed by atoms with Crippen LogP contribution >= 0.6 is 11.6 Å². The molecule has 0 aliphatic carbocycles. The van der Waals surface area contributed by atoms with Crippen LogP contribution in [0.2, 0.25) is 5.15 Å². The summed E-state index contributed by atoms with van der Waals surface area (Å²) in [5.74, 6) is -0.0343. The Morgan fingerprint density at radius 2 is 1.90 bits per heavy atom. The Kier molecular flexibility index (Phi) is 7.97. The Morgan fingerprint density at radius 3 is 2.66 bits per heavy atom. The summed E-state index contributed by atoms with van der Waals surface area (Å²) in [6.07, 6.45) is 0.975. The minimum Gasteiger partial charge on any atom is -0.466 e. The number of hydrogen-bond acceptors (Lipinski definition) is 5. The van der Waals surface area contributed by atoms with Crippen molar-refractivity contribution in [2.75, 3.05) is 11.8 Å². The van der Waals surface area contributed by atoms with E-state index in [-0.39, 0.29) is 16.4 Å². The average molecular weight is 587 g/mol. The lowest BCUT2D eigenvalue weighted by molar-refractivity contribution is 0.0601. The van der Waals surface area contributed by atoms with Crippen LogP contribution in [0.1, 0.15) is 49.4 Å². The second-order valence-electron chi connectivity index (χ2n) is 9.81. The predicted molar refractivity (Wildman–Crippen MR) is 161 cm³/mol. The highest BCUT2D eigenvalue weighted by Gasteiger charge is 2.32. The first kappa shape index (κ1) is 28.1. The van der Waals surface area contributed by atoms with Gasteiger partial charge in [0.25, 0.3) is 0 Å². The van der Waals surface area contributed by atoms with E-state index in [0.29, 0.717) is 30.0 Å². The van der Waals surface area contributed by atoms with E-state index >= 15 is 0 Å². The van der Waals surface area contributed by atoms with Gasteiger partial charge in [0.15, 0.2) is 0 Å². The standard InChI is InChI=1S/C31H27ClN4O4S/c1-18-9-10-20(3)27(13-18)40-41(38)35-24-12-11-19(2)23(16-24)15-21-7-6-8-22(14-21)25-17-26-28(31(37)39-5)29(33-4)30(32)36(26)34-25/h6-14,16,35H,15,17H2,1-3,5H3. The maximum absolute atomic E-state index is 12.7. The van der Waals surface area contributed by atoms with Crippen molar-refractivity contribution >= 4 is 45.9 Å². The third-order valence-electron chi connectivity index (χ3n) is 6.93. The van der Waals surface area contributed by atoms with Crippen LogP contribution < -0.4 is 8.91 Å². The number of carbonyl (C=O) groups is 1. The fraction of sp³-hybridized carbons (Fsp3) is 0.194. The van der Waals surface area contributed by atoms with Gasteiger partial charge in [-0.25, -0.2) is 14.3 Å². The van der Waals surface area contributed by atoms with E-state index in [1.54, 1.807) is 0 Å². The first-order chi connectivity index (χ1) is 19.7. The molecule has 10 heteroatoms. The molecule has 0 saturated carbocycles. The monoisotopic (exact) mass is 586 g/mol. The van der Waals surface area contributed by atoms with Crippen LogP contribution in [0.15, 0.2) is 65.8 Å². The van der Waals surface area contributed by atoms with Crippen LogP contribution in [0.4, 0.5) is 11.4 Å². The van der Waals surface area contributed by atoms with E-state index in [9.17, 15) is 9.00 Å². The molecule has 8 nitrogen and oxygen atoms in total. The van der Waals surface area contributed by atoms with Gasteiger partial charge in [-0.2, -0.15) is 9.31 Å². The molecule has 0 spiro atoms. The lowest BCUT2D eigenvalue weighted by Crippen LogP contribution is -2.12. The number of aromatic nitrogens is 1. The molecule has 0 saturated heterocycles. The summed E-state index contributed by atoms with van der Waals surface area (Å²) in [4.78, 5) is 15.8. The summed E-state index contributed by atoms with van der Waals surface area (Å²) in [5.41, 5.74) is 8.20. The van der Waals surface area contributed by atoms with Crippen molar-refractivity contribution in [3.8, 4) is 5.75 Å².